The van der Waals surface area contributed by atoms with Crippen LogP contribution in [0.1, 0.15) is 29.0 Å². The highest BCUT2D eigenvalue weighted by Crippen LogP contribution is 2.37. The Labute approximate surface area is 237 Å². The molecule has 192 valence electrons. The maximum Gasteiger partial charge on any atom is 0.338 e. The average molecular weight is 659 g/mol. The highest BCUT2D eigenvalue weighted by Gasteiger charge is 2.35. The van der Waals surface area contributed by atoms with Gasteiger partial charge in [-0.15, -0.1) is 11.3 Å². The number of phenolic OH excluding ortho intramolecular Hbond substituents is 1. The van der Waals surface area contributed by atoms with Gasteiger partial charge in [-0.05, 0) is 58.7 Å². The Morgan fingerprint density at radius 2 is 2.03 bits per heavy atom. The highest BCUT2D eigenvalue weighted by molar-refractivity contribution is 14.1. The van der Waals surface area contributed by atoms with E-state index in [9.17, 15) is 24.8 Å². The van der Waals surface area contributed by atoms with Gasteiger partial charge < -0.3 is 9.84 Å². The zero-order valence-corrected chi connectivity index (χ0v) is 23.5. The number of thiazole rings is 1. The molecule has 2 aromatic heterocycles. The Balaban J connectivity index is 1.80. The smallest absolute Gasteiger partial charge is 0.338 e. The number of nitrogens with zero attached hydrogens (tertiary/aromatic N) is 3. The van der Waals surface area contributed by atoms with Crippen molar-refractivity contribution in [3.63, 3.8) is 0 Å². The molecule has 1 aliphatic rings. The topological polar surface area (TPSA) is 124 Å². The lowest BCUT2D eigenvalue weighted by molar-refractivity contribution is -0.386. The molecule has 0 spiro atoms. The number of carbonyl (C=O) groups excluding carboxylic acids is 1. The lowest BCUT2D eigenvalue weighted by Gasteiger charge is -2.24. The van der Waals surface area contributed by atoms with Gasteiger partial charge >= 0.3 is 11.7 Å². The zero-order chi connectivity index (χ0) is 27.0. The first-order valence-electron chi connectivity index (χ1n) is 11.3. The predicted octanol–water partition coefficient (Wildman–Crippen LogP) is 4.22. The van der Waals surface area contributed by atoms with Crippen molar-refractivity contribution < 1.29 is 19.6 Å². The summed E-state index contributed by atoms with van der Waals surface area (Å²) in [5.74, 6) is -0.995. The Morgan fingerprint density at radius 3 is 2.68 bits per heavy atom. The minimum Gasteiger partial charge on any atom is -0.501 e. The van der Waals surface area contributed by atoms with E-state index in [0.717, 1.165) is 16.2 Å². The first-order valence-corrected chi connectivity index (χ1v) is 14.1. The second-order valence-corrected chi connectivity index (χ2v) is 11.2. The van der Waals surface area contributed by atoms with E-state index in [-0.39, 0.29) is 20.3 Å². The van der Waals surface area contributed by atoms with Crippen LogP contribution in [0, 0.1) is 13.7 Å². The summed E-state index contributed by atoms with van der Waals surface area (Å²) in [6.45, 7) is 1.87. The number of carbonyl (C=O) groups is 1. The van der Waals surface area contributed by atoms with E-state index in [0.29, 0.717) is 21.6 Å². The number of esters is 1. The van der Waals surface area contributed by atoms with Crippen LogP contribution in [0.4, 0.5) is 5.69 Å². The van der Waals surface area contributed by atoms with E-state index >= 15 is 0 Å². The second kappa shape index (κ2) is 10.6. The number of rotatable bonds is 6. The third-order valence-electron chi connectivity index (χ3n) is 5.75. The van der Waals surface area contributed by atoms with Crippen molar-refractivity contribution in [3.05, 3.63) is 115 Å². The molecule has 1 unspecified atom stereocenters. The van der Waals surface area contributed by atoms with Crippen molar-refractivity contribution in [1.29, 1.82) is 0 Å². The van der Waals surface area contributed by atoms with Crippen LogP contribution in [0.2, 0.25) is 0 Å². The van der Waals surface area contributed by atoms with Gasteiger partial charge in [0.25, 0.3) is 5.56 Å². The molecular formula is C26H18IN3O6S2. The predicted molar refractivity (Wildman–Crippen MR) is 153 cm³/mol. The highest BCUT2D eigenvalue weighted by atomic mass is 127. The molecule has 0 saturated heterocycles. The first-order chi connectivity index (χ1) is 18.3. The van der Waals surface area contributed by atoms with Gasteiger partial charge in [-0.3, -0.25) is 19.5 Å². The summed E-state index contributed by atoms with van der Waals surface area (Å²) >= 11 is 4.33. The van der Waals surface area contributed by atoms with E-state index in [1.165, 1.54) is 28.0 Å². The fraction of sp³-hybridized carbons (Fsp3) is 0.115. The summed E-state index contributed by atoms with van der Waals surface area (Å²) < 4.78 is 7.45. The Hall–Kier alpha value is -3.62. The van der Waals surface area contributed by atoms with Crippen LogP contribution in [0.25, 0.3) is 11.8 Å². The third-order valence-corrected chi connectivity index (χ3v) is 8.48. The maximum atomic E-state index is 13.8. The molecule has 1 N–H and O–H groups in total. The molecule has 0 amide bonds. The molecule has 12 heteroatoms. The molecule has 2 aromatic carbocycles. The lowest BCUT2D eigenvalue weighted by atomic mass is 9.97. The summed E-state index contributed by atoms with van der Waals surface area (Å²) in [5.41, 5.74) is 0.915. The Morgan fingerprint density at radius 1 is 1.26 bits per heavy atom. The molecule has 1 aliphatic heterocycles. The summed E-state index contributed by atoms with van der Waals surface area (Å²) in [6, 6.07) is 14.9. The van der Waals surface area contributed by atoms with Gasteiger partial charge in [0.05, 0.1) is 30.9 Å². The quantitative estimate of drug-likeness (QED) is 0.143. The van der Waals surface area contributed by atoms with Crippen LogP contribution < -0.4 is 14.9 Å². The van der Waals surface area contributed by atoms with Crippen molar-refractivity contribution in [3.8, 4) is 5.75 Å². The van der Waals surface area contributed by atoms with Crippen LogP contribution in [-0.2, 0) is 9.53 Å². The van der Waals surface area contributed by atoms with E-state index in [1.54, 1.807) is 35.6 Å². The minimum absolute atomic E-state index is 0.157. The number of hydrogen-bond acceptors (Lipinski definition) is 9. The van der Waals surface area contributed by atoms with Crippen LogP contribution in [-0.4, -0.2) is 27.2 Å². The SMILES string of the molecule is CCOC(=O)C1=C(c2ccccc2)N=c2s/c(=C\c3cc(I)c(O)c([N+](=O)[O-])c3)c(=O)n2C1c1cccs1. The molecule has 0 fully saturated rings. The maximum absolute atomic E-state index is 13.8. The number of halogens is 1. The standard InChI is InChI=1S/C26H18IN3O6S2/c1-2-36-25(33)20-21(15-7-4-3-5-8-15)28-26-29(22(20)18-9-6-10-37-18)24(32)19(38-26)13-14-11-16(27)23(31)17(12-14)30(34)35/h3-13,22,31H,2H2,1H3/b19-13-. The molecule has 5 rings (SSSR count). The summed E-state index contributed by atoms with van der Waals surface area (Å²) in [7, 11) is 0. The van der Waals surface area contributed by atoms with Crippen LogP contribution in [0.15, 0.2) is 75.3 Å². The summed E-state index contributed by atoms with van der Waals surface area (Å²) in [4.78, 5) is 43.8. The third kappa shape index (κ3) is 4.70. The zero-order valence-electron chi connectivity index (χ0n) is 19.7. The molecule has 0 aliphatic carbocycles. The number of thiophene rings is 1. The van der Waals surface area contributed by atoms with Crippen LogP contribution >= 0.6 is 45.3 Å². The minimum atomic E-state index is -0.767. The number of benzene rings is 2. The van der Waals surface area contributed by atoms with Gasteiger partial charge in [0.2, 0.25) is 5.75 Å². The molecule has 0 radical (unpaired) electrons. The van der Waals surface area contributed by atoms with Gasteiger partial charge in [-0.1, -0.05) is 47.7 Å². The Kier molecular flexibility index (Phi) is 7.27. The van der Waals surface area contributed by atoms with Crippen LogP contribution in [0.5, 0.6) is 5.75 Å². The van der Waals surface area contributed by atoms with E-state index < -0.39 is 33.9 Å². The average Bonchev–Trinajstić information content (AvgIpc) is 3.54. The fourth-order valence-electron chi connectivity index (χ4n) is 4.14. The number of fused-ring (bicyclic) bond motifs is 1. The molecular weight excluding hydrogens is 641 g/mol. The normalized spacial score (nSPS) is 15.2. The summed E-state index contributed by atoms with van der Waals surface area (Å²) in [5, 5.41) is 23.3. The summed E-state index contributed by atoms with van der Waals surface area (Å²) in [6.07, 6.45) is 1.53. The molecule has 9 nitrogen and oxygen atoms in total. The molecule has 0 saturated carbocycles. The van der Waals surface area contributed by atoms with Gasteiger partial charge in [-0.2, -0.15) is 0 Å². The van der Waals surface area contributed by atoms with Crippen molar-refractivity contribution >= 4 is 68.7 Å². The number of nitro benzene ring substituents is 1. The van der Waals surface area contributed by atoms with Gasteiger partial charge in [0.1, 0.15) is 6.04 Å². The molecule has 4 aromatic rings. The molecule has 3 heterocycles. The van der Waals surface area contributed by atoms with Crippen molar-refractivity contribution in [1.82, 2.24) is 4.57 Å². The monoisotopic (exact) mass is 659 g/mol. The van der Waals surface area contributed by atoms with Crippen molar-refractivity contribution in [2.45, 2.75) is 13.0 Å². The number of hydrogen-bond donors (Lipinski definition) is 1. The first kappa shape index (κ1) is 26.0. The largest absolute Gasteiger partial charge is 0.501 e. The number of phenols is 1. The van der Waals surface area contributed by atoms with Gasteiger partial charge in [-0.25, -0.2) is 9.79 Å². The van der Waals surface area contributed by atoms with Crippen molar-refractivity contribution in [2.75, 3.05) is 6.61 Å². The van der Waals surface area contributed by atoms with Gasteiger partial charge in [0, 0.05) is 16.5 Å². The number of aromatic hydroxyl groups is 1. The van der Waals surface area contributed by atoms with E-state index in [4.69, 9.17) is 9.73 Å². The van der Waals surface area contributed by atoms with Crippen LogP contribution in [0.3, 0.4) is 0 Å². The molecule has 1 atom stereocenters. The van der Waals surface area contributed by atoms with E-state index in [1.807, 2.05) is 47.8 Å². The molecule has 38 heavy (non-hydrogen) atoms. The second-order valence-electron chi connectivity index (χ2n) is 8.07. The van der Waals surface area contributed by atoms with Crippen molar-refractivity contribution in [2.24, 2.45) is 4.99 Å². The van der Waals surface area contributed by atoms with Gasteiger partial charge in [0.15, 0.2) is 4.80 Å². The Bertz CT molecular complexity index is 1780. The van der Waals surface area contributed by atoms with E-state index in [2.05, 4.69) is 0 Å². The number of nitro groups is 1. The fourth-order valence-corrected chi connectivity index (χ4v) is 6.60. The number of ether oxygens (including phenoxy) is 1. The number of aromatic nitrogens is 1. The lowest BCUT2D eigenvalue weighted by Crippen LogP contribution is -2.39. The molecule has 0 bridgehead atoms.